The Labute approximate surface area is 101 Å². The van der Waals surface area contributed by atoms with E-state index >= 15 is 0 Å². The zero-order valence-electron chi connectivity index (χ0n) is 10.2. The summed E-state index contributed by atoms with van der Waals surface area (Å²) in [4.78, 5) is 11.2. The summed E-state index contributed by atoms with van der Waals surface area (Å²) in [5, 5.41) is 21.3. The minimum absolute atomic E-state index is 0.224. The summed E-state index contributed by atoms with van der Waals surface area (Å²) in [7, 11) is 0. The number of hydrogen-bond acceptors (Lipinski definition) is 3. The van der Waals surface area contributed by atoms with Crippen molar-refractivity contribution in [3.05, 3.63) is 29.8 Å². The average Bonchev–Trinajstić information content (AvgIpc) is 2.28. The van der Waals surface area contributed by atoms with Crippen LogP contribution in [0, 0.1) is 0 Å². The Kier molecular flexibility index (Phi) is 4.52. The quantitative estimate of drug-likeness (QED) is 0.705. The molecule has 0 amide bonds. The zero-order valence-corrected chi connectivity index (χ0v) is 10.2. The number of benzene rings is 1. The summed E-state index contributed by atoms with van der Waals surface area (Å²) in [6.45, 7) is 4.21. The fourth-order valence-corrected chi connectivity index (χ4v) is 1.72. The van der Waals surface area contributed by atoms with Crippen molar-refractivity contribution in [1.29, 1.82) is 0 Å². The lowest BCUT2D eigenvalue weighted by Gasteiger charge is -2.25. The van der Waals surface area contributed by atoms with Gasteiger partial charge in [-0.25, -0.2) is 0 Å². The van der Waals surface area contributed by atoms with Gasteiger partial charge in [-0.05, 0) is 44.0 Å². The van der Waals surface area contributed by atoms with Crippen LogP contribution >= 0.6 is 0 Å². The molecule has 4 nitrogen and oxygen atoms in total. The number of carbonyl (C=O) groups is 1. The van der Waals surface area contributed by atoms with Crippen LogP contribution in [0.15, 0.2) is 24.3 Å². The monoisotopic (exact) mass is 237 g/mol. The van der Waals surface area contributed by atoms with Crippen LogP contribution in [0.3, 0.4) is 0 Å². The van der Waals surface area contributed by atoms with E-state index in [1.807, 2.05) is 19.1 Å². The summed E-state index contributed by atoms with van der Waals surface area (Å²) in [5.41, 5.74) is 0.125. The van der Waals surface area contributed by atoms with Crippen LogP contribution in [0.25, 0.3) is 0 Å². The minimum Gasteiger partial charge on any atom is -0.508 e. The molecule has 1 aromatic carbocycles. The number of phenols is 1. The van der Waals surface area contributed by atoms with Gasteiger partial charge in [-0.1, -0.05) is 19.1 Å². The number of nitrogens with one attached hydrogen (secondary N) is 1. The third-order valence-corrected chi connectivity index (χ3v) is 2.89. The molecule has 17 heavy (non-hydrogen) atoms. The molecule has 0 radical (unpaired) electrons. The van der Waals surface area contributed by atoms with Gasteiger partial charge in [-0.15, -0.1) is 0 Å². The van der Waals surface area contributed by atoms with E-state index in [1.165, 1.54) is 0 Å². The highest BCUT2D eigenvalue weighted by Gasteiger charge is 2.31. The van der Waals surface area contributed by atoms with Crippen LogP contribution in [0.5, 0.6) is 5.75 Å². The molecule has 94 valence electrons. The number of carboxylic acids is 1. The van der Waals surface area contributed by atoms with Gasteiger partial charge in [0.1, 0.15) is 11.3 Å². The molecule has 1 unspecified atom stereocenters. The Hall–Kier alpha value is -1.55. The molecule has 3 N–H and O–H groups in total. The predicted molar refractivity (Wildman–Crippen MR) is 66.1 cm³/mol. The minimum atomic E-state index is -0.896. The second-order valence-corrected chi connectivity index (χ2v) is 4.33. The van der Waals surface area contributed by atoms with Crippen molar-refractivity contribution in [2.45, 2.75) is 32.2 Å². The van der Waals surface area contributed by atoms with Gasteiger partial charge in [0.25, 0.3) is 0 Å². The van der Waals surface area contributed by atoms with E-state index in [0.717, 1.165) is 5.56 Å². The third kappa shape index (κ3) is 3.75. The van der Waals surface area contributed by atoms with Gasteiger partial charge in [0.2, 0.25) is 0 Å². The molecular formula is C13H19NO3. The van der Waals surface area contributed by atoms with Crippen LogP contribution in [0.1, 0.15) is 25.8 Å². The fourth-order valence-electron chi connectivity index (χ4n) is 1.72. The first-order valence-electron chi connectivity index (χ1n) is 5.74. The molecule has 0 spiro atoms. The summed E-state index contributed by atoms with van der Waals surface area (Å²) in [6.07, 6.45) is 1.18. The van der Waals surface area contributed by atoms with Gasteiger partial charge in [0, 0.05) is 0 Å². The SMILES string of the molecule is CCNC(C)(CCc1ccc(O)cc1)C(=O)O. The molecule has 0 saturated heterocycles. The second kappa shape index (κ2) is 5.68. The number of aliphatic carboxylic acids is 1. The third-order valence-electron chi connectivity index (χ3n) is 2.89. The summed E-state index contributed by atoms with van der Waals surface area (Å²) in [6, 6.07) is 6.84. The van der Waals surface area contributed by atoms with Gasteiger partial charge in [-0.2, -0.15) is 0 Å². The largest absolute Gasteiger partial charge is 0.508 e. The maximum absolute atomic E-state index is 11.2. The van der Waals surface area contributed by atoms with Crippen molar-refractivity contribution < 1.29 is 15.0 Å². The molecule has 0 fully saturated rings. The molecule has 0 bridgehead atoms. The van der Waals surface area contributed by atoms with Gasteiger partial charge in [0.15, 0.2) is 0 Å². The van der Waals surface area contributed by atoms with E-state index in [2.05, 4.69) is 5.32 Å². The number of rotatable bonds is 6. The van der Waals surface area contributed by atoms with Crippen LogP contribution < -0.4 is 5.32 Å². The van der Waals surface area contributed by atoms with Crippen molar-refractivity contribution in [1.82, 2.24) is 5.32 Å². The first-order valence-corrected chi connectivity index (χ1v) is 5.74. The number of phenolic OH excluding ortho intramolecular Hbond substituents is 1. The lowest BCUT2D eigenvalue weighted by Crippen LogP contribution is -2.49. The number of carboxylic acid groups (broad SMARTS) is 1. The molecule has 0 aliphatic carbocycles. The van der Waals surface area contributed by atoms with Crippen LogP contribution in [0.4, 0.5) is 0 Å². The standard InChI is InChI=1S/C13H19NO3/c1-3-14-13(2,12(16)17)9-8-10-4-6-11(15)7-5-10/h4-7,14-15H,3,8-9H2,1-2H3,(H,16,17). The Balaban J connectivity index is 2.64. The van der Waals surface area contributed by atoms with E-state index in [4.69, 9.17) is 5.11 Å². The average molecular weight is 237 g/mol. The molecule has 0 aliphatic heterocycles. The van der Waals surface area contributed by atoms with Gasteiger partial charge < -0.3 is 15.5 Å². The zero-order chi connectivity index (χ0) is 12.9. The van der Waals surface area contributed by atoms with Gasteiger partial charge in [0.05, 0.1) is 0 Å². The van der Waals surface area contributed by atoms with E-state index in [-0.39, 0.29) is 5.75 Å². The first-order chi connectivity index (χ1) is 7.98. The Morgan fingerprint density at radius 3 is 2.41 bits per heavy atom. The maximum Gasteiger partial charge on any atom is 0.323 e. The Morgan fingerprint density at radius 1 is 1.35 bits per heavy atom. The predicted octanol–water partition coefficient (Wildman–Crippen LogP) is 1.78. The highest BCUT2D eigenvalue weighted by molar-refractivity contribution is 5.78. The molecule has 0 aromatic heterocycles. The molecule has 0 saturated carbocycles. The fraction of sp³-hybridized carbons (Fsp3) is 0.462. The Bertz CT molecular complexity index is 375. The molecule has 4 heteroatoms. The van der Waals surface area contributed by atoms with Gasteiger partial charge >= 0.3 is 5.97 Å². The molecule has 1 rings (SSSR count). The van der Waals surface area contributed by atoms with E-state index in [9.17, 15) is 9.90 Å². The van der Waals surface area contributed by atoms with Crippen molar-refractivity contribution >= 4 is 5.97 Å². The summed E-state index contributed by atoms with van der Waals surface area (Å²) >= 11 is 0. The van der Waals surface area contributed by atoms with E-state index in [1.54, 1.807) is 19.1 Å². The Morgan fingerprint density at radius 2 is 1.94 bits per heavy atom. The highest BCUT2D eigenvalue weighted by Crippen LogP contribution is 2.16. The van der Waals surface area contributed by atoms with Crippen molar-refractivity contribution in [2.24, 2.45) is 0 Å². The topological polar surface area (TPSA) is 69.6 Å². The van der Waals surface area contributed by atoms with E-state index < -0.39 is 11.5 Å². The molecule has 1 atom stereocenters. The van der Waals surface area contributed by atoms with Crippen LogP contribution in [-0.2, 0) is 11.2 Å². The van der Waals surface area contributed by atoms with Crippen molar-refractivity contribution in [3.63, 3.8) is 0 Å². The molecule has 1 aromatic rings. The summed E-state index contributed by atoms with van der Waals surface area (Å²) in [5.74, 6) is -0.612. The second-order valence-electron chi connectivity index (χ2n) is 4.33. The lowest BCUT2D eigenvalue weighted by atomic mass is 9.93. The number of likely N-dealkylation sites (N-methyl/N-ethyl adjacent to an activating group) is 1. The van der Waals surface area contributed by atoms with Crippen molar-refractivity contribution in [3.8, 4) is 5.75 Å². The maximum atomic E-state index is 11.2. The first kappa shape index (κ1) is 13.5. The molecular weight excluding hydrogens is 218 g/mol. The van der Waals surface area contributed by atoms with Crippen molar-refractivity contribution in [2.75, 3.05) is 6.54 Å². The van der Waals surface area contributed by atoms with Gasteiger partial charge in [-0.3, -0.25) is 4.79 Å². The number of hydrogen-bond donors (Lipinski definition) is 3. The number of aryl methyl sites for hydroxylation is 1. The molecule has 0 aliphatic rings. The summed E-state index contributed by atoms with van der Waals surface area (Å²) < 4.78 is 0. The number of aromatic hydroxyl groups is 1. The van der Waals surface area contributed by atoms with Crippen LogP contribution in [0.2, 0.25) is 0 Å². The van der Waals surface area contributed by atoms with Crippen LogP contribution in [-0.4, -0.2) is 28.3 Å². The smallest absolute Gasteiger partial charge is 0.323 e. The molecule has 0 heterocycles. The highest BCUT2D eigenvalue weighted by atomic mass is 16.4. The normalized spacial score (nSPS) is 14.2. The lowest BCUT2D eigenvalue weighted by molar-refractivity contribution is -0.144. The van der Waals surface area contributed by atoms with E-state index in [0.29, 0.717) is 19.4 Å².